The summed E-state index contributed by atoms with van der Waals surface area (Å²) in [7, 11) is 0. The highest BCUT2D eigenvalue weighted by Gasteiger charge is 2.19. The molecule has 0 aliphatic heterocycles. The summed E-state index contributed by atoms with van der Waals surface area (Å²) >= 11 is 1.62. The van der Waals surface area contributed by atoms with Crippen molar-refractivity contribution >= 4 is 40.2 Å². The van der Waals surface area contributed by atoms with E-state index < -0.39 is 5.97 Å². The van der Waals surface area contributed by atoms with E-state index in [9.17, 15) is 9.59 Å². The zero-order valence-corrected chi connectivity index (χ0v) is 23.0. The molecule has 0 N–H and O–H groups in total. The van der Waals surface area contributed by atoms with Gasteiger partial charge in [0.2, 0.25) is 5.78 Å². The minimum atomic E-state index is -0.418. The van der Waals surface area contributed by atoms with E-state index in [4.69, 9.17) is 9.25 Å². The van der Waals surface area contributed by atoms with Gasteiger partial charge in [-0.15, -0.1) is 0 Å². The number of nitrogens with zero attached hydrogens (tertiary/aromatic N) is 1. The number of fused-ring (bicyclic) bond motifs is 1. The molecule has 0 aliphatic carbocycles. The Kier molecular flexibility index (Phi) is 9.55. The van der Waals surface area contributed by atoms with Crippen molar-refractivity contribution in [2.45, 2.75) is 69.1 Å². The molecule has 3 aromatic carbocycles. The number of carbonyl (C=O) groups excluding carboxylic acids is 2. The first kappa shape index (κ1) is 27.4. The lowest BCUT2D eigenvalue weighted by molar-refractivity contribution is -0.140. The molecular formula is C32H33NO4S. The summed E-state index contributed by atoms with van der Waals surface area (Å²) in [4.78, 5) is 31.4. The Labute approximate surface area is 228 Å². The Bertz CT molecular complexity index is 1420. The second-order valence-corrected chi connectivity index (χ2v) is 10.5. The molecule has 0 radical (unpaired) electrons. The number of hydrogen-bond donors (Lipinski definition) is 0. The predicted molar refractivity (Wildman–Crippen MR) is 153 cm³/mol. The highest BCUT2D eigenvalue weighted by molar-refractivity contribution is 7.99. The van der Waals surface area contributed by atoms with Gasteiger partial charge in [-0.25, -0.2) is 4.79 Å². The van der Waals surface area contributed by atoms with E-state index in [1.54, 1.807) is 11.8 Å². The summed E-state index contributed by atoms with van der Waals surface area (Å²) in [5.74, 6) is -0.147. The number of carbonyl (C=O) groups is 2. The molecule has 5 nitrogen and oxygen atoms in total. The topological polar surface area (TPSA) is 68.9 Å². The van der Waals surface area contributed by atoms with Crippen molar-refractivity contribution in [3.05, 3.63) is 95.2 Å². The third kappa shape index (κ3) is 7.01. The largest absolute Gasteiger partial charge is 0.452 e. The van der Waals surface area contributed by atoms with Crippen molar-refractivity contribution in [2.24, 2.45) is 5.16 Å². The van der Waals surface area contributed by atoms with Gasteiger partial charge < -0.3 is 9.25 Å². The Morgan fingerprint density at radius 3 is 2.11 bits per heavy atom. The van der Waals surface area contributed by atoms with Crippen molar-refractivity contribution < 1.29 is 18.8 Å². The average Bonchev–Trinajstić information content (AvgIpc) is 3.27. The zero-order chi connectivity index (χ0) is 26.9. The number of oxime groups is 1. The normalized spacial score (nSPS) is 11.6. The van der Waals surface area contributed by atoms with Crippen LogP contribution in [0.15, 0.2) is 92.2 Å². The van der Waals surface area contributed by atoms with Crippen LogP contribution < -0.4 is 0 Å². The molecule has 0 saturated heterocycles. The molecule has 0 saturated carbocycles. The van der Waals surface area contributed by atoms with Gasteiger partial charge in [-0.05, 0) is 67.8 Å². The van der Waals surface area contributed by atoms with Crippen LogP contribution in [0.1, 0.15) is 79.6 Å². The smallest absolute Gasteiger partial charge is 0.331 e. The van der Waals surface area contributed by atoms with Gasteiger partial charge in [-0.1, -0.05) is 79.9 Å². The molecule has 0 atom stereocenters. The lowest BCUT2D eigenvalue weighted by Gasteiger charge is -2.08. The summed E-state index contributed by atoms with van der Waals surface area (Å²) in [6.07, 6.45) is 6.55. The van der Waals surface area contributed by atoms with Gasteiger partial charge in [0.15, 0.2) is 5.76 Å². The number of rotatable bonds is 12. The van der Waals surface area contributed by atoms with Crippen LogP contribution in [-0.2, 0) is 9.63 Å². The Hall–Kier alpha value is -3.64. The fourth-order valence-corrected chi connectivity index (χ4v) is 5.12. The summed E-state index contributed by atoms with van der Waals surface area (Å²) < 4.78 is 5.85. The van der Waals surface area contributed by atoms with Gasteiger partial charge in [0.25, 0.3) is 0 Å². The first-order valence-electron chi connectivity index (χ1n) is 13.1. The Balaban J connectivity index is 1.41. The van der Waals surface area contributed by atoms with E-state index in [1.807, 2.05) is 79.7 Å². The van der Waals surface area contributed by atoms with Crippen LogP contribution >= 0.6 is 11.8 Å². The molecule has 196 valence electrons. The second kappa shape index (κ2) is 13.2. The molecule has 0 spiro atoms. The molecule has 0 fully saturated rings. The van der Waals surface area contributed by atoms with E-state index in [0.29, 0.717) is 11.3 Å². The van der Waals surface area contributed by atoms with Gasteiger partial charge in [0.05, 0.1) is 5.71 Å². The van der Waals surface area contributed by atoms with Gasteiger partial charge >= 0.3 is 5.97 Å². The Morgan fingerprint density at radius 1 is 0.842 bits per heavy atom. The molecule has 0 aliphatic rings. The van der Waals surface area contributed by atoms with Crippen molar-refractivity contribution in [1.29, 1.82) is 0 Å². The van der Waals surface area contributed by atoms with Gasteiger partial charge in [0.1, 0.15) is 5.58 Å². The Morgan fingerprint density at radius 2 is 1.47 bits per heavy atom. The summed E-state index contributed by atoms with van der Waals surface area (Å²) in [6, 6.07) is 23.4. The third-order valence-electron chi connectivity index (χ3n) is 6.39. The second-order valence-electron chi connectivity index (χ2n) is 9.32. The van der Waals surface area contributed by atoms with Crippen LogP contribution in [0.2, 0.25) is 0 Å². The molecule has 4 aromatic rings. The average molecular weight is 528 g/mol. The number of hydrogen-bond acceptors (Lipinski definition) is 6. The summed E-state index contributed by atoms with van der Waals surface area (Å²) in [6.45, 7) is 5.48. The van der Waals surface area contributed by atoms with E-state index in [0.717, 1.165) is 56.9 Å². The minimum Gasteiger partial charge on any atom is -0.452 e. The van der Waals surface area contributed by atoms with Crippen molar-refractivity contribution in [1.82, 2.24) is 0 Å². The van der Waals surface area contributed by atoms with Crippen molar-refractivity contribution in [3.63, 3.8) is 0 Å². The minimum absolute atomic E-state index is 0.117. The molecule has 1 heterocycles. The monoisotopic (exact) mass is 527 g/mol. The van der Waals surface area contributed by atoms with Gasteiger partial charge in [0, 0.05) is 33.2 Å². The van der Waals surface area contributed by atoms with E-state index in [2.05, 4.69) is 12.1 Å². The first-order valence-corrected chi connectivity index (χ1v) is 13.9. The molecule has 0 amide bonds. The molecule has 4 rings (SSSR count). The maximum Gasteiger partial charge on any atom is 0.331 e. The van der Waals surface area contributed by atoms with E-state index in [1.165, 1.54) is 26.2 Å². The fraction of sp³-hybridized carbons (Fsp3) is 0.281. The molecular weight excluding hydrogens is 494 g/mol. The maximum atomic E-state index is 13.1. The summed E-state index contributed by atoms with van der Waals surface area (Å²) in [5, 5.41) is 5.08. The lowest BCUT2D eigenvalue weighted by atomic mass is 10.0. The quantitative estimate of drug-likeness (QED) is 0.0605. The van der Waals surface area contributed by atoms with Crippen molar-refractivity contribution in [3.8, 4) is 0 Å². The van der Waals surface area contributed by atoms with Crippen molar-refractivity contribution in [2.75, 3.05) is 0 Å². The molecule has 1 aromatic heterocycles. The SMILES string of the molecule is CCCCCCCC(=NOC(C)=O)c1ccc(Sc2ccc(C(=O)c3oc4ccccc4c3C)cc2)cc1. The number of ketones is 1. The fourth-order valence-electron chi connectivity index (χ4n) is 4.31. The highest BCUT2D eigenvalue weighted by atomic mass is 32.2. The summed E-state index contributed by atoms with van der Waals surface area (Å²) in [5.41, 5.74) is 3.92. The van der Waals surface area contributed by atoms with E-state index >= 15 is 0 Å². The molecule has 0 unspecified atom stereocenters. The van der Waals surface area contributed by atoms with E-state index in [-0.39, 0.29) is 5.78 Å². The van der Waals surface area contributed by atoms with Crippen LogP contribution in [0.5, 0.6) is 0 Å². The number of unbranched alkanes of at least 4 members (excludes halogenated alkanes) is 4. The van der Waals surface area contributed by atoms with Crippen LogP contribution in [-0.4, -0.2) is 17.5 Å². The molecule has 38 heavy (non-hydrogen) atoms. The van der Waals surface area contributed by atoms with Gasteiger partial charge in [-0.3, -0.25) is 4.79 Å². The van der Waals surface area contributed by atoms with Gasteiger partial charge in [-0.2, -0.15) is 0 Å². The lowest BCUT2D eigenvalue weighted by Crippen LogP contribution is -2.04. The number of furan rings is 1. The third-order valence-corrected chi connectivity index (χ3v) is 7.41. The van der Waals surface area contributed by atoms with Crippen LogP contribution in [0.3, 0.4) is 0 Å². The standard InChI is InChI=1S/C32H33NO4S/c1-4-5-6-7-8-12-29(33-37-23(3)34)24-14-18-26(19-15-24)38-27-20-16-25(17-21-27)31(35)32-22(2)28-11-9-10-13-30(28)36-32/h9-11,13-21H,4-8,12H2,1-3H3. The first-order chi connectivity index (χ1) is 18.5. The number of aryl methyl sites for hydroxylation is 1. The highest BCUT2D eigenvalue weighted by Crippen LogP contribution is 2.30. The zero-order valence-electron chi connectivity index (χ0n) is 22.2. The van der Waals surface area contributed by atoms with Crippen LogP contribution in [0.4, 0.5) is 0 Å². The van der Waals surface area contributed by atoms with Crippen LogP contribution in [0.25, 0.3) is 11.0 Å². The molecule has 6 heteroatoms. The number of para-hydroxylation sites is 1. The van der Waals surface area contributed by atoms with Crippen LogP contribution in [0, 0.1) is 6.92 Å². The number of benzene rings is 3. The maximum absolute atomic E-state index is 13.1. The predicted octanol–water partition coefficient (Wildman–Crippen LogP) is 8.75. The molecule has 0 bridgehead atoms.